The van der Waals surface area contributed by atoms with Gasteiger partial charge in [-0.15, -0.1) is 0 Å². The SMILES string of the molecule is COc1cc(C)c([C@H](C)NC(=O)CN(c2ccc(C)cc2)S(=O)(=O)c2ccc(F)cc2)cc1C(C)C. The van der Waals surface area contributed by atoms with Crippen molar-refractivity contribution < 1.29 is 22.3 Å². The standard InChI is InChI=1S/C28H33FN2O4S/c1-18(2)25-16-26(20(4)15-27(25)35-6)21(5)30-28(32)17-31(23-11-7-19(3)8-12-23)36(33,34)24-13-9-22(29)10-14-24/h7-16,18,21H,17H2,1-6H3,(H,30,32)/t21-/m0/s1. The zero-order valence-corrected chi connectivity index (χ0v) is 22.3. The summed E-state index contributed by atoms with van der Waals surface area (Å²) in [5, 5.41) is 2.94. The van der Waals surface area contributed by atoms with E-state index in [1.54, 1.807) is 31.4 Å². The summed E-state index contributed by atoms with van der Waals surface area (Å²) in [6, 6.07) is 15.0. The molecule has 192 valence electrons. The molecule has 3 aromatic carbocycles. The number of hydrogen-bond donors (Lipinski definition) is 1. The second-order valence-electron chi connectivity index (χ2n) is 9.20. The second kappa shape index (κ2) is 11.1. The highest BCUT2D eigenvalue weighted by molar-refractivity contribution is 7.92. The number of anilines is 1. The van der Waals surface area contributed by atoms with Gasteiger partial charge in [-0.3, -0.25) is 9.10 Å². The number of nitrogens with one attached hydrogen (secondary N) is 1. The molecule has 1 atom stereocenters. The number of hydrogen-bond acceptors (Lipinski definition) is 4. The number of halogens is 1. The first-order valence-corrected chi connectivity index (χ1v) is 13.2. The topological polar surface area (TPSA) is 75.7 Å². The van der Waals surface area contributed by atoms with Crippen molar-refractivity contribution in [3.05, 3.63) is 88.7 Å². The van der Waals surface area contributed by atoms with Crippen LogP contribution in [0.1, 0.15) is 55.0 Å². The van der Waals surface area contributed by atoms with Crippen molar-refractivity contribution in [1.29, 1.82) is 0 Å². The van der Waals surface area contributed by atoms with Crippen LogP contribution in [0.25, 0.3) is 0 Å². The van der Waals surface area contributed by atoms with Gasteiger partial charge in [0.1, 0.15) is 18.1 Å². The number of aryl methyl sites for hydroxylation is 2. The fourth-order valence-electron chi connectivity index (χ4n) is 4.07. The predicted octanol–water partition coefficient (Wildman–Crippen LogP) is 5.65. The third-order valence-electron chi connectivity index (χ3n) is 6.10. The first-order chi connectivity index (χ1) is 16.9. The Kier molecular flexibility index (Phi) is 8.40. The monoisotopic (exact) mass is 512 g/mol. The Labute approximate surface area is 213 Å². The number of ether oxygens (including phenoxy) is 1. The quantitative estimate of drug-likeness (QED) is 0.402. The molecule has 3 rings (SSSR count). The lowest BCUT2D eigenvalue weighted by atomic mass is 9.93. The van der Waals surface area contributed by atoms with E-state index in [9.17, 15) is 17.6 Å². The smallest absolute Gasteiger partial charge is 0.264 e. The summed E-state index contributed by atoms with van der Waals surface area (Å²) in [6.07, 6.45) is 0. The van der Waals surface area contributed by atoms with Crippen molar-refractivity contribution in [1.82, 2.24) is 5.32 Å². The minimum absolute atomic E-state index is 0.0992. The van der Waals surface area contributed by atoms with Crippen LogP contribution >= 0.6 is 0 Å². The Hall–Kier alpha value is -3.39. The van der Waals surface area contributed by atoms with E-state index in [4.69, 9.17) is 4.74 Å². The van der Waals surface area contributed by atoms with E-state index < -0.39 is 28.3 Å². The molecule has 0 aromatic heterocycles. The maximum atomic E-state index is 13.5. The third kappa shape index (κ3) is 6.05. The first kappa shape index (κ1) is 27.2. The summed E-state index contributed by atoms with van der Waals surface area (Å²) in [5.41, 5.74) is 4.20. The van der Waals surface area contributed by atoms with Crippen LogP contribution in [0.5, 0.6) is 5.75 Å². The van der Waals surface area contributed by atoms with E-state index in [1.165, 1.54) is 12.1 Å². The lowest BCUT2D eigenvalue weighted by Crippen LogP contribution is -2.41. The molecule has 0 unspecified atom stereocenters. The molecule has 0 heterocycles. The Bertz CT molecular complexity index is 1320. The van der Waals surface area contributed by atoms with E-state index in [1.807, 2.05) is 32.9 Å². The number of methoxy groups -OCH3 is 1. The van der Waals surface area contributed by atoms with Gasteiger partial charge in [-0.1, -0.05) is 31.5 Å². The van der Waals surface area contributed by atoms with Gasteiger partial charge in [-0.25, -0.2) is 12.8 Å². The molecule has 0 saturated carbocycles. The molecule has 1 amide bonds. The Morgan fingerprint density at radius 1 is 0.972 bits per heavy atom. The lowest BCUT2D eigenvalue weighted by molar-refractivity contribution is -0.120. The summed E-state index contributed by atoms with van der Waals surface area (Å²) in [7, 11) is -2.49. The fraction of sp³-hybridized carbons (Fsp3) is 0.321. The molecule has 3 aromatic rings. The zero-order valence-electron chi connectivity index (χ0n) is 21.5. The Morgan fingerprint density at radius 3 is 2.14 bits per heavy atom. The molecular weight excluding hydrogens is 479 g/mol. The molecule has 0 aliphatic rings. The largest absolute Gasteiger partial charge is 0.496 e. The molecule has 0 radical (unpaired) electrons. The lowest BCUT2D eigenvalue weighted by Gasteiger charge is -2.26. The number of nitrogens with zero attached hydrogens (tertiary/aromatic N) is 1. The minimum atomic E-state index is -4.13. The second-order valence-corrected chi connectivity index (χ2v) is 11.1. The van der Waals surface area contributed by atoms with Crippen LogP contribution in [0.4, 0.5) is 10.1 Å². The number of amides is 1. The van der Waals surface area contributed by atoms with Crippen LogP contribution in [-0.2, 0) is 14.8 Å². The van der Waals surface area contributed by atoms with Gasteiger partial charge >= 0.3 is 0 Å². The van der Waals surface area contributed by atoms with Gasteiger partial charge in [0.2, 0.25) is 5.91 Å². The number of sulfonamides is 1. The first-order valence-electron chi connectivity index (χ1n) is 11.8. The summed E-state index contributed by atoms with van der Waals surface area (Å²) in [6.45, 7) is 9.41. The average Bonchev–Trinajstić information content (AvgIpc) is 2.82. The molecule has 36 heavy (non-hydrogen) atoms. The van der Waals surface area contributed by atoms with Crippen molar-refractivity contribution in [2.24, 2.45) is 0 Å². The molecular formula is C28H33FN2O4S. The van der Waals surface area contributed by atoms with Gasteiger partial charge in [0, 0.05) is 0 Å². The molecule has 1 N–H and O–H groups in total. The third-order valence-corrected chi connectivity index (χ3v) is 7.88. The number of carbonyl (C=O) groups is 1. The predicted molar refractivity (Wildman–Crippen MR) is 140 cm³/mol. The van der Waals surface area contributed by atoms with Crippen molar-refractivity contribution in [2.75, 3.05) is 18.0 Å². The van der Waals surface area contributed by atoms with Crippen LogP contribution in [0.3, 0.4) is 0 Å². The maximum Gasteiger partial charge on any atom is 0.264 e. The van der Waals surface area contributed by atoms with E-state index in [0.717, 1.165) is 44.4 Å². The highest BCUT2D eigenvalue weighted by atomic mass is 32.2. The van der Waals surface area contributed by atoms with Crippen molar-refractivity contribution >= 4 is 21.6 Å². The Balaban J connectivity index is 1.91. The minimum Gasteiger partial charge on any atom is -0.496 e. The summed E-state index contributed by atoms with van der Waals surface area (Å²) in [4.78, 5) is 13.1. The number of benzene rings is 3. The van der Waals surface area contributed by atoms with Gasteiger partial charge < -0.3 is 10.1 Å². The molecule has 0 aliphatic carbocycles. The molecule has 0 saturated heterocycles. The summed E-state index contributed by atoms with van der Waals surface area (Å²) in [5.74, 6) is 0.00825. The van der Waals surface area contributed by atoms with Crippen LogP contribution in [0.2, 0.25) is 0 Å². The van der Waals surface area contributed by atoms with E-state index in [0.29, 0.717) is 5.69 Å². The maximum absolute atomic E-state index is 13.5. The van der Waals surface area contributed by atoms with Crippen molar-refractivity contribution in [3.8, 4) is 5.75 Å². The van der Waals surface area contributed by atoms with Crippen LogP contribution < -0.4 is 14.4 Å². The van der Waals surface area contributed by atoms with Gasteiger partial charge in [0.05, 0.1) is 23.7 Å². The fourth-order valence-corrected chi connectivity index (χ4v) is 5.49. The Morgan fingerprint density at radius 2 is 1.58 bits per heavy atom. The van der Waals surface area contributed by atoms with Gasteiger partial charge in [0.15, 0.2) is 0 Å². The number of carbonyl (C=O) groups excluding carboxylic acids is 1. The van der Waals surface area contributed by atoms with E-state index >= 15 is 0 Å². The van der Waals surface area contributed by atoms with Gasteiger partial charge in [0.25, 0.3) is 10.0 Å². The van der Waals surface area contributed by atoms with E-state index in [-0.39, 0.29) is 16.9 Å². The summed E-state index contributed by atoms with van der Waals surface area (Å²) < 4.78 is 46.9. The molecule has 0 bridgehead atoms. The molecule has 0 spiro atoms. The molecule has 0 fully saturated rings. The molecule has 6 nitrogen and oxygen atoms in total. The van der Waals surface area contributed by atoms with Crippen LogP contribution in [0, 0.1) is 19.7 Å². The van der Waals surface area contributed by atoms with Gasteiger partial charge in [-0.05, 0) is 91.9 Å². The normalized spacial score (nSPS) is 12.3. The highest BCUT2D eigenvalue weighted by Crippen LogP contribution is 2.32. The van der Waals surface area contributed by atoms with Gasteiger partial charge in [-0.2, -0.15) is 0 Å². The number of rotatable bonds is 9. The zero-order chi connectivity index (χ0) is 26.6. The van der Waals surface area contributed by atoms with Crippen LogP contribution in [0.15, 0.2) is 65.6 Å². The average molecular weight is 513 g/mol. The molecule has 0 aliphatic heterocycles. The van der Waals surface area contributed by atoms with E-state index in [2.05, 4.69) is 19.2 Å². The highest BCUT2D eigenvalue weighted by Gasteiger charge is 2.28. The van der Waals surface area contributed by atoms with Crippen molar-refractivity contribution in [3.63, 3.8) is 0 Å². The van der Waals surface area contributed by atoms with Crippen LogP contribution in [-0.4, -0.2) is 28.0 Å². The molecule has 8 heteroatoms. The summed E-state index contributed by atoms with van der Waals surface area (Å²) >= 11 is 0. The van der Waals surface area contributed by atoms with Crippen molar-refractivity contribution in [2.45, 2.75) is 51.5 Å².